The molecule has 2 aromatic heterocycles. The van der Waals surface area contributed by atoms with Crippen molar-refractivity contribution in [3.63, 3.8) is 0 Å². The molecule has 0 amide bonds. The van der Waals surface area contributed by atoms with Gasteiger partial charge in [-0.3, -0.25) is 0 Å². The lowest BCUT2D eigenvalue weighted by molar-refractivity contribution is 0.402. The molecule has 28 heavy (non-hydrogen) atoms. The molecule has 9 heteroatoms. The van der Waals surface area contributed by atoms with Gasteiger partial charge in [-0.25, -0.2) is 18.4 Å². The van der Waals surface area contributed by atoms with Crippen LogP contribution in [-0.2, 0) is 17.1 Å². The topological polar surface area (TPSA) is 71.3 Å². The van der Waals surface area contributed by atoms with Crippen LogP contribution in [0.2, 0.25) is 5.02 Å². The van der Waals surface area contributed by atoms with Crippen LogP contribution in [0.25, 0.3) is 22.4 Å². The molecule has 0 spiro atoms. The number of sulfonamides is 1. The standard InChI is InChI=1S/C19H20ClN5O2S/c1-23-16-6-4-3-5-15(16)22-19(23)13-9-17(21-10-14(13)20)24-11-12-7-8-18(24)25(12)28(2,26)27/h3-6,9-10,12,18H,7-8,11H2,1-2H3. The van der Waals surface area contributed by atoms with Crippen LogP contribution in [-0.4, -0.2) is 52.3 Å². The lowest BCUT2D eigenvalue weighted by Crippen LogP contribution is -2.39. The number of pyridine rings is 1. The Balaban J connectivity index is 1.58. The molecule has 3 aromatic rings. The number of piperidine rings is 1. The normalized spacial score (nSPS) is 22.5. The van der Waals surface area contributed by atoms with Crippen LogP contribution < -0.4 is 4.90 Å². The zero-order chi connectivity index (χ0) is 19.6. The molecule has 5 rings (SSSR count). The van der Waals surface area contributed by atoms with Crippen LogP contribution in [0, 0.1) is 0 Å². The van der Waals surface area contributed by atoms with Crippen molar-refractivity contribution in [2.24, 2.45) is 7.05 Å². The predicted octanol–water partition coefficient (Wildman–Crippen LogP) is 2.86. The molecule has 2 atom stereocenters. The number of para-hydroxylation sites is 2. The van der Waals surface area contributed by atoms with Gasteiger partial charge >= 0.3 is 0 Å². The molecule has 7 nitrogen and oxygen atoms in total. The summed E-state index contributed by atoms with van der Waals surface area (Å²) in [4.78, 5) is 11.3. The Morgan fingerprint density at radius 2 is 2.00 bits per heavy atom. The lowest BCUT2D eigenvalue weighted by atomic mass is 10.1. The van der Waals surface area contributed by atoms with E-state index in [4.69, 9.17) is 16.6 Å². The second-order valence-corrected chi connectivity index (χ2v) is 9.76. The van der Waals surface area contributed by atoms with Crippen molar-refractivity contribution in [3.8, 4) is 11.4 Å². The van der Waals surface area contributed by atoms with E-state index in [-0.39, 0.29) is 12.2 Å². The number of aromatic nitrogens is 3. The van der Waals surface area contributed by atoms with Gasteiger partial charge in [0.15, 0.2) is 0 Å². The van der Waals surface area contributed by atoms with Crippen molar-refractivity contribution in [2.45, 2.75) is 25.0 Å². The number of benzene rings is 1. The third-order valence-corrected chi connectivity index (χ3v) is 7.33. The summed E-state index contributed by atoms with van der Waals surface area (Å²) in [6, 6.07) is 9.86. The summed E-state index contributed by atoms with van der Waals surface area (Å²) in [7, 11) is -1.29. The minimum Gasteiger partial charge on any atom is -0.338 e. The summed E-state index contributed by atoms with van der Waals surface area (Å²) in [5, 5.41) is 0.520. The van der Waals surface area contributed by atoms with E-state index in [0.29, 0.717) is 11.6 Å². The Kier molecular flexibility index (Phi) is 3.94. The fourth-order valence-electron chi connectivity index (χ4n) is 4.53. The molecule has 0 N–H and O–H groups in total. The van der Waals surface area contributed by atoms with Gasteiger partial charge in [0.2, 0.25) is 10.0 Å². The number of halogens is 1. The minimum absolute atomic E-state index is 0.0108. The number of rotatable bonds is 3. The molecular formula is C19H20ClN5O2S. The van der Waals surface area contributed by atoms with Crippen LogP contribution in [0.1, 0.15) is 12.8 Å². The molecule has 2 fully saturated rings. The van der Waals surface area contributed by atoms with E-state index < -0.39 is 10.0 Å². The first-order valence-electron chi connectivity index (χ1n) is 9.17. The third-order valence-electron chi connectivity index (χ3n) is 5.73. The second kappa shape index (κ2) is 6.17. The smallest absolute Gasteiger partial charge is 0.213 e. The lowest BCUT2D eigenvalue weighted by Gasteiger charge is -2.28. The van der Waals surface area contributed by atoms with Crippen LogP contribution >= 0.6 is 11.6 Å². The van der Waals surface area contributed by atoms with Crippen molar-refractivity contribution in [1.29, 1.82) is 0 Å². The highest BCUT2D eigenvalue weighted by Gasteiger charge is 2.49. The maximum absolute atomic E-state index is 12.2. The van der Waals surface area contributed by atoms with E-state index in [1.807, 2.05) is 41.9 Å². The number of aryl methyl sites for hydroxylation is 1. The quantitative estimate of drug-likeness (QED) is 0.655. The Morgan fingerprint density at radius 1 is 1.21 bits per heavy atom. The number of anilines is 1. The van der Waals surface area contributed by atoms with E-state index in [1.165, 1.54) is 6.26 Å². The van der Waals surface area contributed by atoms with Crippen molar-refractivity contribution >= 4 is 38.5 Å². The van der Waals surface area contributed by atoms with Gasteiger partial charge in [-0.15, -0.1) is 0 Å². The number of fused-ring (bicyclic) bond motifs is 3. The second-order valence-electron chi connectivity index (χ2n) is 7.46. The zero-order valence-electron chi connectivity index (χ0n) is 15.6. The van der Waals surface area contributed by atoms with E-state index in [2.05, 4.69) is 9.88 Å². The van der Waals surface area contributed by atoms with E-state index in [9.17, 15) is 8.42 Å². The largest absolute Gasteiger partial charge is 0.338 e. The fraction of sp³-hybridized carbons (Fsp3) is 0.368. The van der Waals surface area contributed by atoms with Crippen molar-refractivity contribution in [1.82, 2.24) is 18.8 Å². The SMILES string of the molecule is Cn1c(-c2cc(N3CC4CCC3N4S(C)(=O)=O)ncc2Cl)nc2ccccc21. The molecule has 0 aliphatic carbocycles. The third kappa shape index (κ3) is 2.62. The average molecular weight is 418 g/mol. The molecule has 2 unspecified atom stereocenters. The van der Waals surface area contributed by atoms with E-state index in [1.54, 1.807) is 10.5 Å². The average Bonchev–Trinajstić information content (AvgIpc) is 3.34. The van der Waals surface area contributed by atoms with Gasteiger partial charge in [-0.1, -0.05) is 23.7 Å². The van der Waals surface area contributed by atoms with Crippen LogP contribution in [0.3, 0.4) is 0 Å². The summed E-state index contributed by atoms with van der Waals surface area (Å²) in [5.74, 6) is 1.49. The van der Waals surface area contributed by atoms with E-state index in [0.717, 1.165) is 41.1 Å². The fourth-order valence-corrected chi connectivity index (χ4v) is 6.10. The molecule has 2 aliphatic heterocycles. The van der Waals surface area contributed by atoms with Gasteiger partial charge in [0.1, 0.15) is 11.6 Å². The minimum atomic E-state index is -3.25. The van der Waals surface area contributed by atoms with Gasteiger partial charge in [0.05, 0.1) is 28.5 Å². The molecule has 2 saturated heterocycles. The molecule has 0 radical (unpaired) electrons. The van der Waals surface area contributed by atoms with Gasteiger partial charge in [-0.05, 0) is 31.0 Å². The summed E-state index contributed by atoms with van der Waals surface area (Å²) in [5.41, 5.74) is 2.72. The van der Waals surface area contributed by atoms with Crippen molar-refractivity contribution in [3.05, 3.63) is 41.6 Å². The van der Waals surface area contributed by atoms with Crippen molar-refractivity contribution in [2.75, 3.05) is 17.7 Å². The molecule has 2 bridgehead atoms. The number of imidazole rings is 1. The highest BCUT2D eigenvalue weighted by Crippen LogP contribution is 2.40. The highest BCUT2D eigenvalue weighted by molar-refractivity contribution is 7.88. The predicted molar refractivity (Wildman–Crippen MR) is 110 cm³/mol. The molecule has 2 aliphatic rings. The highest BCUT2D eigenvalue weighted by atomic mass is 35.5. The van der Waals surface area contributed by atoms with Gasteiger partial charge in [0.25, 0.3) is 0 Å². The van der Waals surface area contributed by atoms with Gasteiger partial charge < -0.3 is 9.47 Å². The molecule has 1 aromatic carbocycles. The first-order valence-corrected chi connectivity index (χ1v) is 11.4. The number of hydrogen-bond donors (Lipinski definition) is 0. The van der Waals surface area contributed by atoms with Gasteiger partial charge in [-0.2, -0.15) is 4.31 Å². The Morgan fingerprint density at radius 3 is 2.71 bits per heavy atom. The van der Waals surface area contributed by atoms with Crippen LogP contribution in [0.15, 0.2) is 36.5 Å². The Labute approximate surface area is 168 Å². The maximum atomic E-state index is 12.2. The van der Waals surface area contributed by atoms with Crippen LogP contribution in [0.5, 0.6) is 0 Å². The Bertz CT molecular complexity index is 1190. The monoisotopic (exact) mass is 417 g/mol. The summed E-state index contributed by atoms with van der Waals surface area (Å²) < 4.78 is 28.0. The van der Waals surface area contributed by atoms with E-state index >= 15 is 0 Å². The first kappa shape index (κ1) is 17.9. The zero-order valence-corrected chi connectivity index (χ0v) is 17.2. The molecule has 146 valence electrons. The molecular weight excluding hydrogens is 398 g/mol. The number of nitrogens with zero attached hydrogens (tertiary/aromatic N) is 5. The maximum Gasteiger partial charge on any atom is 0.213 e. The first-order chi connectivity index (χ1) is 13.3. The van der Waals surface area contributed by atoms with Crippen LogP contribution in [0.4, 0.5) is 5.82 Å². The van der Waals surface area contributed by atoms with Gasteiger partial charge in [0, 0.05) is 31.4 Å². The molecule has 0 saturated carbocycles. The summed E-state index contributed by atoms with van der Waals surface area (Å²) in [6.07, 6.45) is 4.43. The number of hydrogen-bond acceptors (Lipinski definition) is 5. The Hall–Kier alpha value is -2.16. The molecule has 4 heterocycles. The summed E-state index contributed by atoms with van der Waals surface area (Å²) >= 11 is 6.48. The van der Waals surface area contributed by atoms with Crippen molar-refractivity contribution < 1.29 is 8.42 Å². The summed E-state index contributed by atoms with van der Waals surface area (Å²) in [6.45, 7) is 0.647.